The topological polar surface area (TPSA) is 92.4 Å². The van der Waals surface area contributed by atoms with Crippen molar-refractivity contribution in [3.63, 3.8) is 0 Å². The zero-order chi connectivity index (χ0) is 17.8. The molecule has 0 bridgehead atoms. The number of aromatic nitrogens is 2. The smallest absolute Gasteiger partial charge is 0.342 e. The van der Waals surface area contributed by atoms with Crippen molar-refractivity contribution in [1.82, 2.24) is 15.0 Å². The van der Waals surface area contributed by atoms with E-state index in [2.05, 4.69) is 9.97 Å². The zero-order valence-corrected chi connectivity index (χ0v) is 13.6. The Morgan fingerprint density at radius 3 is 2.42 bits per heavy atom. The lowest BCUT2D eigenvalue weighted by molar-refractivity contribution is -0.0584. The lowest BCUT2D eigenvalue weighted by Gasteiger charge is -2.12. The summed E-state index contributed by atoms with van der Waals surface area (Å²) in [4.78, 5) is 49.8. The number of nitrogens with zero attached hydrogens (tertiary/aromatic N) is 2. The third-order valence-corrected chi connectivity index (χ3v) is 4.63. The number of nitrogens with one attached hydrogen (secondary N) is 1. The van der Waals surface area contributed by atoms with Gasteiger partial charge in [0.05, 0.1) is 27.7 Å². The molecular formula is C19H13N3O4. The van der Waals surface area contributed by atoms with Crippen LogP contribution in [0.15, 0.2) is 42.5 Å². The van der Waals surface area contributed by atoms with Gasteiger partial charge in [-0.25, -0.2) is 9.78 Å². The van der Waals surface area contributed by atoms with Gasteiger partial charge in [0, 0.05) is 5.92 Å². The first-order valence-corrected chi connectivity index (χ1v) is 8.31. The lowest BCUT2D eigenvalue weighted by Crippen LogP contribution is -2.32. The summed E-state index contributed by atoms with van der Waals surface area (Å²) in [7, 11) is 0. The Bertz CT molecular complexity index is 1060. The molecule has 2 amide bonds. The first-order valence-electron chi connectivity index (χ1n) is 8.31. The fraction of sp³-hybridized carbons (Fsp3) is 0.158. The van der Waals surface area contributed by atoms with Crippen molar-refractivity contribution in [2.75, 3.05) is 0 Å². The second-order valence-electron chi connectivity index (χ2n) is 6.46. The van der Waals surface area contributed by atoms with Crippen molar-refractivity contribution < 1.29 is 19.2 Å². The number of rotatable bonds is 3. The van der Waals surface area contributed by atoms with Crippen molar-refractivity contribution >= 4 is 28.8 Å². The number of imide groups is 1. The van der Waals surface area contributed by atoms with Crippen LogP contribution < -0.4 is 0 Å². The minimum absolute atomic E-state index is 0.225. The number of carbonyl (C=O) groups is 3. The molecule has 0 radical (unpaired) electrons. The fourth-order valence-electron chi connectivity index (χ4n) is 3.09. The fourth-order valence-corrected chi connectivity index (χ4v) is 3.09. The van der Waals surface area contributed by atoms with Crippen LogP contribution in [0, 0.1) is 0 Å². The number of hydrogen-bond acceptors (Lipinski definition) is 5. The van der Waals surface area contributed by atoms with Crippen LogP contribution in [0.25, 0.3) is 11.0 Å². The number of aromatic amines is 1. The highest BCUT2D eigenvalue weighted by atomic mass is 16.7. The number of amides is 2. The van der Waals surface area contributed by atoms with Crippen LogP contribution in [0.5, 0.6) is 0 Å². The monoisotopic (exact) mass is 347 g/mol. The largest absolute Gasteiger partial charge is 0.364 e. The molecule has 2 heterocycles. The van der Waals surface area contributed by atoms with Crippen molar-refractivity contribution in [2.45, 2.75) is 18.8 Å². The maximum absolute atomic E-state index is 12.4. The highest BCUT2D eigenvalue weighted by Crippen LogP contribution is 2.39. The lowest BCUT2D eigenvalue weighted by atomic mass is 10.1. The summed E-state index contributed by atoms with van der Waals surface area (Å²) in [5, 5.41) is 0.514. The third-order valence-electron chi connectivity index (χ3n) is 4.63. The summed E-state index contributed by atoms with van der Waals surface area (Å²) in [6.07, 6.45) is 2.24. The van der Waals surface area contributed by atoms with E-state index < -0.39 is 17.8 Å². The standard InChI is InChI=1S/C19H13N3O4/c23-17-12-3-1-2-4-13(12)18(24)22(17)26-19(25)11-7-8-14-15(9-11)21-16(20-14)10-5-6-10/h1-4,7-10H,5-6H2,(H,20,21). The van der Waals surface area contributed by atoms with E-state index in [-0.39, 0.29) is 16.7 Å². The van der Waals surface area contributed by atoms with Crippen LogP contribution in [0.2, 0.25) is 0 Å². The molecule has 1 N–H and O–H groups in total. The van der Waals surface area contributed by atoms with Crippen molar-refractivity contribution in [1.29, 1.82) is 0 Å². The Labute approximate surface area is 147 Å². The van der Waals surface area contributed by atoms with E-state index in [0.29, 0.717) is 11.0 Å². The SMILES string of the molecule is O=C(ON1C(=O)c2ccccc2C1=O)c1ccc2nc(C3CC3)[nH]c2c1. The van der Waals surface area contributed by atoms with E-state index in [1.807, 2.05) is 0 Å². The van der Waals surface area contributed by atoms with Gasteiger partial charge in [0.15, 0.2) is 0 Å². The van der Waals surface area contributed by atoms with Gasteiger partial charge in [-0.15, -0.1) is 0 Å². The van der Waals surface area contributed by atoms with Gasteiger partial charge < -0.3 is 9.82 Å². The molecule has 26 heavy (non-hydrogen) atoms. The molecule has 1 aliphatic heterocycles. The molecule has 7 nitrogen and oxygen atoms in total. The predicted molar refractivity (Wildman–Crippen MR) is 90.4 cm³/mol. The van der Waals surface area contributed by atoms with E-state index in [0.717, 1.165) is 29.7 Å². The molecule has 2 aliphatic rings. The molecule has 0 atom stereocenters. The van der Waals surface area contributed by atoms with Crippen LogP contribution in [-0.4, -0.2) is 32.8 Å². The van der Waals surface area contributed by atoms with Gasteiger partial charge >= 0.3 is 5.97 Å². The van der Waals surface area contributed by atoms with E-state index in [9.17, 15) is 14.4 Å². The maximum Gasteiger partial charge on any atom is 0.364 e. The molecular weight excluding hydrogens is 334 g/mol. The Kier molecular flexibility index (Phi) is 3.00. The number of benzene rings is 2. The quantitative estimate of drug-likeness (QED) is 0.736. The van der Waals surface area contributed by atoms with E-state index >= 15 is 0 Å². The summed E-state index contributed by atoms with van der Waals surface area (Å²) in [5.74, 6) is -0.666. The minimum atomic E-state index is -0.774. The van der Waals surface area contributed by atoms with Crippen LogP contribution >= 0.6 is 0 Å². The summed E-state index contributed by atoms with van der Waals surface area (Å²) >= 11 is 0. The third kappa shape index (κ3) is 2.21. The molecule has 1 saturated carbocycles. The summed E-state index contributed by atoms with van der Waals surface area (Å²) in [6.45, 7) is 0. The van der Waals surface area contributed by atoms with Gasteiger partial charge in [-0.1, -0.05) is 17.2 Å². The second-order valence-corrected chi connectivity index (χ2v) is 6.46. The van der Waals surface area contributed by atoms with Crippen molar-refractivity contribution in [3.8, 4) is 0 Å². The number of hydrogen-bond donors (Lipinski definition) is 1. The Morgan fingerprint density at radius 2 is 1.77 bits per heavy atom. The number of fused-ring (bicyclic) bond motifs is 2. The molecule has 128 valence electrons. The van der Waals surface area contributed by atoms with Gasteiger partial charge in [0.1, 0.15) is 5.82 Å². The van der Waals surface area contributed by atoms with E-state index in [1.54, 1.807) is 30.3 Å². The zero-order valence-electron chi connectivity index (χ0n) is 13.6. The van der Waals surface area contributed by atoms with Gasteiger partial charge in [-0.2, -0.15) is 0 Å². The number of carbonyl (C=O) groups excluding carboxylic acids is 3. The first-order chi connectivity index (χ1) is 12.6. The van der Waals surface area contributed by atoms with Crippen LogP contribution in [0.3, 0.4) is 0 Å². The van der Waals surface area contributed by atoms with Gasteiger partial charge in [-0.3, -0.25) is 9.59 Å². The molecule has 0 spiro atoms. The molecule has 3 aromatic rings. The molecule has 7 heteroatoms. The van der Waals surface area contributed by atoms with Crippen molar-refractivity contribution in [3.05, 3.63) is 65.0 Å². The number of H-pyrrole nitrogens is 1. The van der Waals surface area contributed by atoms with E-state index in [4.69, 9.17) is 4.84 Å². The van der Waals surface area contributed by atoms with Gasteiger partial charge in [0.2, 0.25) is 0 Å². The molecule has 0 unspecified atom stereocenters. The predicted octanol–water partition coefficient (Wildman–Crippen LogP) is 2.81. The Morgan fingerprint density at radius 1 is 1.08 bits per heavy atom. The summed E-state index contributed by atoms with van der Waals surface area (Å²) < 4.78 is 0. The molecule has 0 saturated heterocycles. The van der Waals surface area contributed by atoms with Gasteiger partial charge in [0.25, 0.3) is 11.8 Å². The van der Waals surface area contributed by atoms with Crippen molar-refractivity contribution in [2.24, 2.45) is 0 Å². The van der Waals surface area contributed by atoms with Crippen LogP contribution in [0.1, 0.15) is 55.7 Å². The van der Waals surface area contributed by atoms with Crippen LogP contribution in [0.4, 0.5) is 0 Å². The molecule has 2 aromatic carbocycles. The molecule has 1 aromatic heterocycles. The Balaban J connectivity index is 1.41. The normalized spacial score (nSPS) is 16.2. The molecule has 1 fully saturated rings. The van der Waals surface area contributed by atoms with Crippen LogP contribution in [-0.2, 0) is 4.84 Å². The number of imidazole rings is 1. The summed E-state index contributed by atoms with van der Waals surface area (Å²) in [5.41, 5.74) is 2.18. The average molecular weight is 347 g/mol. The Hall–Kier alpha value is -3.48. The highest BCUT2D eigenvalue weighted by molar-refractivity contribution is 6.21. The highest BCUT2D eigenvalue weighted by Gasteiger charge is 2.38. The minimum Gasteiger partial charge on any atom is -0.342 e. The first kappa shape index (κ1) is 14.8. The average Bonchev–Trinajstić information content (AvgIpc) is 3.38. The molecule has 5 rings (SSSR count). The summed E-state index contributed by atoms with van der Waals surface area (Å²) in [6, 6.07) is 11.3. The molecule has 1 aliphatic carbocycles. The van der Waals surface area contributed by atoms with E-state index in [1.165, 1.54) is 12.1 Å². The van der Waals surface area contributed by atoms with Gasteiger partial charge in [-0.05, 0) is 43.2 Å². The maximum atomic E-state index is 12.4. The number of hydroxylamine groups is 2. The second kappa shape index (κ2) is 5.26.